The maximum Gasteiger partial charge on any atom is 0.134 e. The first-order valence-electron chi connectivity index (χ1n) is 4.85. The molecule has 0 atom stereocenters. The summed E-state index contributed by atoms with van der Waals surface area (Å²) in [5.41, 5.74) is 3.12. The molecule has 1 aromatic carbocycles. The summed E-state index contributed by atoms with van der Waals surface area (Å²) in [4.78, 5) is 0. The standard InChI is InChI=1S/C14H12O/c1-4-12-7-5-10(2)13(9-12)14-8-6-11(3)15-14/h1,5-9H,2-3H3. The van der Waals surface area contributed by atoms with Gasteiger partial charge in [-0.2, -0.15) is 0 Å². The average Bonchev–Trinajstić information content (AvgIpc) is 2.65. The van der Waals surface area contributed by atoms with E-state index >= 15 is 0 Å². The molecule has 0 aliphatic heterocycles. The molecular formula is C14H12O. The normalized spacial score (nSPS) is 9.93. The summed E-state index contributed by atoms with van der Waals surface area (Å²) in [6.45, 7) is 3.98. The number of benzene rings is 1. The Balaban J connectivity index is 2.57. The molecule has 0 N–H and O–H groups in total. The Labute approximate surface area is 89.7 Å². The van der Waals surface area contributed by atoms with Gasteiger partial charge in [-0.25, -0.2) is 0 Å². The minimum atomic E-state index is 0.877. The van der Waals surface area contributed by atoms with Crippen molar-refractivity contribution < 1.29 is 4.42 Å². The third-order valence-electron chi connectivity index (χ3n) is 2.41. The van der Waals surface area contributed by atoms with Gasteiger partial charge in [0.25, 0.3) is 0 Å². The lowest BCUT2D eigenvalue weighted by Gasteiger charge is -2.03. The van der Waals surface area contributed by atoms with E-state index in [-0.39, 0.29) is 0 Å². The van der Waals surface area contributed by atoms with Crippen LogP contribution in [0.25, 0.3) is 11.3 Å². The molecule has 0 bridgehead atoms. The Morgan fingerprint density at radius 1 is 1.13 bits per heavy atom. The molecule has 74 valence electrons. The largest absolute Gasteiger partial charge is 0.461 e. The molecule has 1 aromatic heterocycles. The first kappa shape index (κ1) is 9.61. The lowest BCUT2D eigenvalue weighted by atomic mass is 10.0. The van der Waals surface area contributed by atoms with E-state index < -0.39 is 0 Å². The predicted octanol–water partition coefficient (Wildman–Crippen LogP) is 3.54. The second-order valence-corrected chi connectivity index (χ2v) is 3.58. The van der Waals surface area contributed by atoms with Crippen LogP contribution in [0.5, 0.6) is 0 Å². The smallest absolute Gasteiger partial charge is 0.134 e. The van der Waals surface area contributed by atoms with Gasteiger partial charge < -0.3 is 4.42 Å². The van der Waals surface area contributed by atoms with Gasteiger partial charge in [-0.3, -0.25) is 0 Å². The Morgan fingerprint density at radius 3 is 2.53 bits per heavy atom. The van der Waals surface area contributed by atoms with Crippen LogP contribution in [0.2, 0.25) is 0 Å². The second kappa shape index (κ2) is 3.67. The Kier molecular flexibility index (Phi) is 2.35. The van der Waals surface area contributed by atoms with Crippen molar-refractivity contribution in [2.45, 2.75) is 13.8 Å². The first-order valence-corrected chi connectivity index (χ1v) is 4.85. The number of terminal acetylenes is 1. The monoisotopic (exact) mass is 196 g/mol. The van der Waals surface area contributed by atoms with Crippen molar-refractivity contribution >= 4 is 0 Å². The maximum atomic E-state index is 5.58. The Bertz CT molecular complexity index is 527. The highest BCUT2D eigenvalue weighted by Gasteiger charge is 2.06. The summed E-state index contributed by atoms with van der Waals surface area (Å²) in [7, 11) is 0. The summed E-state index contributed by atoms with van der Waals surface area (Å²) in [6.07, 6.45) is 5.37. The highest BCUT2D eigenvalue weighted by Crippen LogP contribution is 2.26. The van der Waals surface area contributed by atoms with Crippen molar-refractivity contribution in [3.8, 4) is 23.7 Å². The van der Waals surface area contributed by atoms with Crippen molar-refractivity contribution in [1.82, 2.24) is 0 Å². The van der Waals surface area contributed by atoms with E-state index in [2.05, 4.69) is 5.92 Å². The molecular weight excluding hydrogens is 184 g/mol. The molecule has 2 rings (SSSR count). The molecule has 0 amide bonds. The number of furan rings is 1. The van der Waals surface area contributed by atoms with Gasteiger partial charge in [0.05, 0.1) is 0 Å². The van der Waals surface area contributed by atoms with Crippen LogP contribution < -0.4 is 0 Å². The zero-order valence-electron chi connectivity index (χ0n) is 8.87. The van der Waals surface area contributed by atoms with Crippen molar-refractivity contribution in [1.29, 1.82) is 0 Å². The summed E-state index contributed by atoms with van der Waals surface area (Å²) in [5.74, 6) is 4.42. The van der Waals surface area contributed by atoms with Crippen LogP contribution in [-0.4, -0.2) is 0 Å². The van der Waals surface area contributed by atoms with Crippen LogP contribution in [0, 0.1) is 26.2 Å². The fourth-order valence-electron chi connectivity index (χ4n) is 1.56. The molecule has 2 aromatic rings. The predicted molar refractivity (Wildman–Crippen MR) is 61.6 cm³/mol. The molecule has 0 saturated heterocycles. The van der Waals surface area contributed by atoms with Gasteiger partial charge in [0, 0.05) is 11.1 Å². The quantitative estimate of drug-likeness (QED) is 0.636. The van der Waals surface area contributed by atoms with Gasteiger partial charge in [-0.05, 0) is 43.7 Å². The Morgan fingerprint density at radius 2 is 1.93 bits per heavy atom. The fraction of sp³-hybridized carbons (Fsp3) is 0.143. The van der Waals surface area contributed by atoms with E-state index in [0.717, 1.165) is 22.6 Å². The molecule has 1 heterocycles. The minimum absolute atomic E-state index is 0.877. The molecule has 1 heteroatoms. The van der Waals surface area contributed by atoms with Gasteiger partial charge in [0.2, 0.25) is 0 Å². The molecule has 0 radical (unpaired) electrons. The lowest BCUT2D eigenvalue weighted by molar-refractivity contribution is 0.548. The van der Waals surface area contributed by atoms with Crippen molar-refractivity contribution in [3.05, 3.63) is 47.2 Å². The third-order valence-corrected chi connectivity index (χ3v) is 2.41. The number of aryl methyl sites for hydroxylation is 2. The first-order chi connectivity index (χ1) is 7.20. The van der Waals surface area contributed by atoms with Crippen molar-refractivity contribution in [2.75, 3.05) is 0 Å². The maximum absolute atomic E-state index is 5.58. The fourth-order valence-corrected chi connectivity index (χ4v) is 1.56. The average molecular weight is 196 g/mol. The van der Waals surface area contributed by atoms with E-state index in [4.69, 9.17) is 10.8 Å². The zero-order valence-corrected chi connectivity index (χ0v) is 8.87. The summed E-state index contributed by atoms with van der Waals surface area (Å²) >= 11 is 0. The van der Waals surface area contributed by atoms with Crippen LogP contribution in [-0.2, 0) is 0 Å². The van der Waals surface area contributed by atoms with E-state index in [9.17, 15) is 0 Å². The molecule has 0 unspecified atom stereocenters. The van der Waals surface area contributed by atoms with Gasteiger partial charge >= 0.3 is 0 Å². The van der Waals surface area contributed by atoms with Gasteiger partial charge in [0.1, 0.15) is 11.5 Å². The third kappa shape index (κ3) is 1.80. The highest BCUT2D eigenvalue weighted by molar-refractivity contribution is 5.64. The number of rotatable bonds is 1. The number of hydrogen-bond acceptors (Lipinski definition) is 1. The SMILES string of the molecule is C#Cc1ccc(C)c(-c2ccc(C)o2)c1. The topological polar surface area (TPSA) is 13.1 Å². The Hall–Kier alpha value is -1.94. The summed E-state index contributed by atoms with van der Waals surface area (Å²) in [6, 6.07) is 9.86. The van der Waals surface area contributed by atoms with Crippen LogP contribution >= 0.6 is 0 Å². The molecule has 1 nitrogen and oxygen atoms in total. The van der Waals surface area contributed by atoms with E-state index in [1.807, 2.05) is 44.2 Å². The molecule has 0 aliphatic carbocycles. The van der Waals surface area contributed by atoms with E-state index in [1.165, 1.54) is 5.56 Å². The van der Waals surface area contributed by atoms with E-state index in [1.54, 1.807) is 0 Å². The molecule has 0 spiro atoms. The molecule has 15 heavy (non-hydrogen) atoms. The second-order valence-electron chi connectivity index (χ2n) is 3.58. The van der Waals surface area contributed by atoms with Crippen molar-refractivity contribution in [3.63, 3.8) is 0 Å². The summed E-state index contributed by atoms with van der Waals surface area (Å²) < 4.78 is 5.58. The lowest BCUT2D eigenvalue weighted by Crippen LogP contribution is -1.83. The molecule has 0 saturated carbocycles. The highest BCUT2D eigenvalue weighted by atomic mass is 16.3. The number of hydrogen-bond donors (Lipinski definition) is 0. The molecule has 0 fully saturated rings. The van der Waals surface area contributed by atoms with Gasteiger partial charge in [0.15, 0.2) is 0 Å². The minimum Gasteiger partial charge on any atom is -0.461 e. The van der Waals surface area contributed by atoms with E-state index in [0.29, 0.717) is 0 Å². The van der Waals surface area contributed by atoms with Crippen LogP contribution in [0.1, 0.15) is 16.9 Å². The van der Waals surface area contributed by atoms with Gasteiger partial charge in [-0.15, -0.1) is 6.42 Å². The zero-order chi connectivity index (χ0) is 10.8. The van der Waals surface area contributed by atoms with Crippen molar-refractivity contribution in [2.24, 2.45) is 0 Å². The van der Waals surface area contributed by atoms with Crippen LogP contribution in [0.3, 0.4) is 0 Å². The van der Waals surface area contributed by atoms with Gasteiger partial charge in [-0.1, -0.05) is 12.0 Å². The summed E-state index contributed by atoms with van der Waals surface area (Å²) in [5, 5.41) is 0. The van der Waals surface area contributed by atoms with Crippen LogP contribution in [0.4, 0.5) is 0 Å². The molecule has 0 aliphatic rings. The van der Waals surface area contributed by atoms with Crippen LogP contribution in [0.15, 0.2) is 34.7 Å².